The van der Waals surface area contributed by atoms with Crippen LogP contribution in [-0.4, -0.2) is 24.2 Å². The number of hydrogen-bond acceptors (Lipinski definition) is 4. The van der Waals surface area contributed by atoms with Gasteiger partial charge in [-0.2, -0.15) is 4.39 Å². The molecule has 4 nitrogen and oxygen atoms in total. The number of hydrogen-bond donors (Lipinski definition) is 0. The molecule has 0 aliphatic carbocycles. The van der Waals surface area contributed by atoms with Crippen LogP contribution in [0.3, 0.4) is 0 Å². The van der Waals surface area contributed by atoms with Crippen molar-refractivity contribution in [1.29, 1.82) is 0 Å². The predicted octanol–water partition coefficient (Wildman–Crippen LogP) is 7.04. The molecule has 1 saturated heterocycles. The zero-order valence-corrected chi connectivity index (χ0v) is 18.9. The minimum absolute atomic E-state index is 0.120. The molecule has 3 atom stereocenters. The van der Waals surface area contributed by atoms with Crippen LogP contribution in [-0.2, 0) is 15.3 Å². The van der Waals surface area contributed by atoms with Crippen LogP contribution in [0.2, 0.25) is 10.0 Å². The topological polar surface area (TPSA) is 30.9 Å². The van der Waals surface area contributed by atoms with E-state index < -0.39 is 5.79 Å². The second-order valence-corrected chi connectivity index (χ2v) is 8.75. The normalized spacial score (nSPS) is 26.0. The lowest BCUT2D eigenvalue weighted by Crippen LogP contribution is -2.39. The highest BCUT2D eigenvalue weighted by Gasteiger charge is 2.45. The van der Waals surface area contributed by atoms with Crippen LogP contribution in [0.5, 0.6) is 11.5 Å². The van der Waals surface area contributed by atoms with Crippen LogP contribution in [0, 0.1) is 5.92 Å². The van der Waals surface area contributed by atoms with Gasteiger partial charge in [0.15, 0.2) is 5.95 Å². The Morgan fingerprint density at radius 3 is 2.55 bits per heavy atom. The molecule has 31 heavy (non-hydrogen) atoms. The number of rotatable bonds is 5. The number of allylic oxidation sites excluding steroid dienone is 2. The molecule has 0 saturated carbocycles. The van der Waals surface area contributed by atoms with Crippen LogP contribution in [0.15, 0.2) is 66.8 Å². The SMILES string of the molecule is CC1C=C(F)N(CC2(c3ccc(Oc4ccc(Cl)cc4)cc3Cl)OCC(C)O2)C=CC1. The summed E-state index contributed by atoms with van der Waals surface area (Å²) in [7, 11) is 0. The Labute approximate surface area is 191 Å². The summed E-state index contributed by atoms with van der Waals surface area (Å²) in [5, 5.41) is 1.04. The number of halogens is 3. The van der Waals surface area contributed by atoms with Crippen LogP contribution >= 0.6 is 23.2 Å². The van der Waals surface area contributed by atoms with E-state index in [1.165, 1.54) is 4.90 Å². The van der Waals surface area contributed by atoms with E-state index in [2.05, 4.69) is 0 Å². The maximum Gasteiger partial charge on any atom is 0.215 e. The maximum atomic E-state index is 14.8. The van der Waals surface area contributed by atoms with Crippen molar-refractivity contribution in [1.82, 2.24) is 4.90 Å². The summed E-state index contributed by atoms with van der Waals surface area (Å²) in [6, 6.07) is 12.4. The van der Waals surface area contributed by atoms with Crippen molar-refractivity contribution in [3.8, 4) is 11.5 Å². The molecule has 2 heterocycles. The largest absolute Gasteiger partial charge is 0.457 e. The van der Waals surface area contributed by atoms with Crippen molar-refractivity contribution in [2.75, 3.05) is 13.2 Å². The average Bonchev–Trinajstić information content (AvgIpc) is 3.02. The summed E-state index contributed by atoms with van der Waals surface area (Å²) < 4.78 is 32.9. The lowest BCUT2D eigenvalue weighted by Gasteiger charge is -2.33. The van der Waals surface area contributed by atoms with E-state index >= 15 is 0 Å². The summed E-state index contributed by atoms with van der Waals surface area (Å²) >= 11 is 12.6. The molecular weight excluding hydrogens is 440 g/mol. The first-order chi connectivity index (χ1) is 14.8. The van der Waals surface area contributed by atoms with E-state index in [0.29, 0.717) is 33.7 Å². The zero-order valence-electron chi connectivity index (χ0n) is 17.4. The smallest absolute Gasteiger partial charge is 0.215 e. The fourth-order valence-corrected chi connectivity index (χ4v) is 4.13. The third kappa shape index (κ3) is 5.07. The van der Waals surface area contributed by atoms with Gasteiger partial charge in [0.25, 0.3) is 0 Å². The van der Waals surface area contributed by atoms with Gasteiger partial charge in [-0.15, -0.1) is 0 Å². The minimum atomic E-state index is -1.20. The third-order valence-corrected chi connectivity index (χ3v) is 5.78. The van der Waals surface area contributed by atoms with Crippen molar-refractivity contribution in [2.24, 2.45) is 5.92 Å². The average molecular weight is 464 g/mol. The Morgan fingerprint density at radius 2 is 1.87 bits per heavy atom. The third-order valence-electron chi connectivity index (χ3n) is 5.21. The molecule has 2 aliphatic rings. The minimum Gasteiger partial charge on any atom is -0.457 e. The molecule has 1 fully saturated rings. The maximum absolute atomic E-state index is 14.8. The summed E-state index contributed by atoms with van der Waals surface area (Å²) in [5.41, 5.74) is 0.625. The van der Waals surface area contributed by atoms with Gasteiger partial charge in [-0.3, -0.25) is 0 Å². The van der Waals surface area contributed by atoms with Crippen molar-refractivity contribution >= 4 is 23.2 Å². The summed E-state index contributed by atoms with van der Waals surface area (Å²) in [5.74, 6) is -0.202. The highest BCUT2D eigenvalue weighted by atomic mass is 35.5. The fraction of sp³-hybridized carbons (Fsp3) is 0.333. The van der Waals surface area contributed by atoms with Gasteiger partial charge >= 0.3 is 0 Å². The Morgan fingerprint density at radius 1 is 1.13 bits per heavy atom. The molecule has 0 aromatic heterocycles. The molecule has 164 valence electrons. The second-order valence-electron chi connectivity index (χ2n) is 7.91. The van der Waals surface area contributed by atoms with Gasteiger partial charge in [-0.25, -0.2) is 0 Å². The zero-order chi connectivity index (χ0) is 22.0. The summed E-state index contributed by atoms with van der Waals surface area (Å²) in [4.78, 5) is 1.51. The standard InChI is InChI=1S/C24H24Cl2FNO3/c1-16-4-3-11-28(23(27)12-16)15-24(29-14-17(2)31-24)21-10-9-20(13-22(21)26)30-19-7-5-18(25)6-8-19/h3,5-13,16-17H,4,14-15H2,1-2H3. The summed E-state index contributed by atoms with van der Waals surface area (Å²) in [6.45, 7) is 4.42. The first-order valence-corrected chi connectivity index (χ1v) is 11.0. The van der Waals surface area contributed by atoms with Gasteiger partial charge in [-0.05, 0) is 67.8 Å². The van der Waals surface area contributed by atoms with Crippen LogP contribution in [0.4, 0.5) is 4.39 Å². The Bertz CT molecular complexity index is 995. The molecule has 0 N–H and O–H groups in total. The first-order valence-electron chi connectivity index (χ1n) is 10.2. The number of ether oxygens (including phenoxy) is 3. The van der Waals surface area contributed by atoms with E-state index in [1.807, 2.05) is 19.9 Å². The Kier molecular flexibility index (Phi) is 6.58. The molecule has 0 spiro atoms. The highest BCUT2D eigenvalue weighted by Crippen LogP contribution is 2.41. The van der Waals surface area contributed by atoms with Crippen LogP contribution in [0.1, 0.15) is 25.8 Å². The van der Waals surface area contributed by atoms with Gasteiger partial charge in [0.2, 0.25) is 5.79 Å². The molecule has 2 aliphatic heterocycles. The van der Waals surface area contributed by atoms with Gasteiger partial charge in [0.1, 0.15) is 11.5 Å². The Hall–Kier alpha value is -2.05. The van der Waals surface area contributed by atoms with E-state index in [4.69, 9.17) is 37.4 Å². The van der Waals surface area contributed by atoms with Gasteiger partial charge in [-0.1, -0.05) is 36.2 Å². The molecule has 4 rings (SSSR count). The molecule has 3 unspecified atom stereocenters. The van der Waals surface area contributed by atoms with Crippen molar-refractivity contribution in [3.63, 3.8) is 0 Å². The lowest BCUT2D eigenvalue weighted by molar-refractivity contribution is -0.182. The van der Waals surface area contributed by atoms with E-state index in [1.54, 1.807) is 54.7 Å². The van der Waals surface area contributed by atoms with Gasteiger partial charge < -0.3 is 19.1 Å². The molecule has 2 aromatic rings. The molecular formula is C24H24Cl2FNO3. The van der Waals surface area contributed by atoms with Crippen LogP contribution in [0.25, 0.3) is 0 Å². The van der Waals surface area contributed by atoms with Crippen molar-refractivity contribution in [3.05, 3.63) is 82.4 Å². The first kappa shape index (κ1) is 22.2. The van der Waals surface area contributed by atoms with Crippen LogP contribution < -0.4 is 4.74 Å². The lowest BCUT2D eigenvalue weighted by atomic mass is 10.0. The Balaban J connectivity index is 1.62. The molecule has 0 bridgehead atoms. The van der Waals surface area contributed by atoms with E-state index in [0.717, 1.165) is 6.42 Å². The quantitative estimate of drug-likeness (QED) is 0.444. The van der Waals surface area contributed by atoms with E-state index in [9.17, 15) is 4.39 Å². The molecule has 2 aromatic carbocycles. The predicted molar refractivity (Wildman–Crippen MR) is 120 cm³/mol. The second kappa shape index (κ2) is 9.21. The fourth-order valence-electron chi connectivity index (χ4n) is 3.69. The number of benzene rings is 2. The highest BCUT2D eigenvalue weighted by molar-refractivity contribution is 6.31. The molecule has 0 radical (unpaired) electrons. The summed E-state index contributed by atoms with van der Waals surface area (Å²) in [6.07, 6.45) is 5.91. The van der Waals surface area contributed by atoms with Gasteiger partial charge in [0.05, 0.1) is 24.3 Å². The monoisotopic (exact) mass is 463 g/mol. The van der Waals surface area contributed by atoms with Crippen molar-refractivity contribution in [2.45, 2.75) is 32.2 Å². The van der Waals surface area contributed by atoms with E-state index in [-0.39, 0.29) is 24.5 Å². The number of nitrogens with zero attached hydrogens (tertiary/aromatic N) is 1. The molecule has 7 heteroatoms. The molecule has 0 amide bonds. The van der Waals surface area contributed by atoms with Crippen molar-refractivity contribution < 1.29 is 18.6 Å². The van der Waals surface area contributed by atoms with Gasteiger partial charge in [0, 0.05) is 16.8 Å².